The van der Waals surface area contributed by atoms with Crippen LogP contribution in [0.2, 0.25) is 0 Å². The molecule has 0 fully saturated rings. The fraction of sp³-hybridized carbons (Fsp3) is 0. The van der Waals surface area contributed by atoms with Crippen LogP contribution in [0.5, 0.6) is 0 Å². The quantitative estimate of drug-likeness (QED) is 0.480. The first kappa shape index (κ1) is 11.9. The minimum absolute atomic E-state index is 1.12. The molecule has 2 aromatic rings. The minimum Gasteiger partial charge on any atom is -0.0605 e. The standard InChI is InChI=1S/C12H7BrI2/c13-9-4-1-3-8(7-9)12-10(14)5-2-6-11(12)15/h1-7H. The van der Waals surface area contributed by atoms with E-state index in [0.717, 1.165) is 4.47 Å². The maximum atomic E-state index is 3.50. The Hall–Kier alpha value is 0.380. The van der Waals surface area contributed by atoms with Crippen LogP contribution < -0.4 is 0 Å². The van der Waals surface area contributed by atoms with E-state index in [4.69, 9.17) is 0 Å². The van der Waals surface area contributed by atoms with Crippen LogP contribution in [0, 0.1) is 7.14 Å². The average molecular weight is 485 g/mol. The van der Waals surface area contributed by atoms with E-state index in [-0.39, 0.29) is 0 Å². The predicted octanol–water partition coefficient (Wildman–Crippen LogP) is 5.33. The molecule has 2 rings (SSSR count). The number of rotatable bonds is 1. The fourth-order valence-corrected chi connectivity index (χ4v) is 3.95. The molecule has 0 amide bonds. The Bertz CT molecular complexity index is 474. The summed E-state index contributed by atoms with van der Waals surface area (Å²) in [6, 6.07) is 14.8. The normalized spacial score (nSPS) is 10.3. The molecule has 0 nitrogen and oxygen atoms in total. The van der Waals surface area contributed by atoms with Crippen molar-refractivity contribution in [3.8, 4) is 11.1 Å². The first-order valence-electron chi connectivity index (χ1n) is 4.38. The highest BCUT2D eigenvalue weighted by molar-refractivity contribution is 14.1. The van der Waals surface area contributed by atoms with Crippen molar-refractivity contribution < 1.29 is 0 Å². The summed E-state index contributed by atoms with van der Waals surface area (Å²) in [5, 5.41) is 0. The smallest absolute Gasteiger partial charge is 0.0219 e. The van der Waals surface area contributed by atoms with Gasteiger partial charge in [0, 0.05) is 17.2 Å². The highest BCUT2D eigenvalue weighted by Gasteiger charge is 2.06. The lowest BCUT2D eigenvalue weighted by Crippen LogP contribution is -1.86. The van der Waals surface area contributed by atoms with Crippen LogP contribution in [0.4, 0.5) is 0 Å². The minimum atomic E-state index is 1.12. The summed E-state index contributed by atoms with van der Waals surface area (Å²) in [6.45, 7) is 0. The van der Waals surface area contributed by atoms with Gasteiger partial charge in [-0.3, -0.25) is 0 Å². The molecular formula is C12H7BrI2. The number of hydrogen-bond donors (Lipinski definition) is 0. The Labute approximate surface area is 125 Å². The van der Waals surface area contributed by atoms with Gasteiger partial charge >= 0.3 is 0 Å². The second kappa shape index (κ2) is 5.14. The van der Waals surface area contributed by atoms with Crippen molar-refractivity contribution in [2.75, 3.05) is 0 Å². The first-order valence-corrected chi connectivity index (χ1v) is 7.33. The molecule has 0 N–H and O–H groups in total. The van der Waals surface area contributed by atoms with Crippen LogP contribution in [-0.2, 0) is 0 Å². The molecule has 15 heavy (non-hydrogen) atoms. The zero-order valence-electron chi connectivity index (χ0n) is 7.68. The number of hydrogen-bond acceptors (Lipinski definition) is 0. The van der Waals surface area contributed by atoms with E-state index in [0.29, 0.717) is 0 Å². The molecule has 0 aliphatic carbocycles. The molecule has 0 spiro atoms. The monoisotopic (exact) mass is 484 g/mol. The lowest BCUT2D eigenvalue weighted by Gasteiger charge is -2.07. The molecule has 0 saturated carbocycles. The summed E-state index contributed by atoms with van der Waals surface area (Å²) in [4.78, 5) is 0. The van der Waals surface area contributed by atoms with E-state index in [1.807, 2.05) is 6.07 Å². The molecule has 0 bridgehead atoms. The van der Waals surface area contributed by atoms with Crippen LogP contribution in [0.1, 0.15) is 0 Å². The molecule has 0 aliphatic rings. The fourth-order valence-electron chi connectivity index (χ4n) is 1.42. The molecule has 0 aliphatic heterocycles. The van der Waals surface area contributed by atoms with Crippen molar-refractivity contribution in [1.82, 2.24) is 0 Å². The maximum absolute atomic E-state index is 3.50. The highest BCUT2D eigenvalue weighted by Crippen LogP contribution is 2.31. The summed E-state index contributed by atoms with van der Waals surface area (Å²) < 4.78 is 3.70. The van der Waals surface area contributed by atoms with Gasteiger partial charge in [0.15, 0.2) is 0 Å². The Morgan fingerprint density at radius 3 is 2.07 bits per heavy atom. The predicted molar refractivity (Wildman–Crippen MR) is 85.0 cm³/mol. The second-order valence-electron chi connectivity index (χ2n) is 3.11. The Balaban J connectivity index is 2.63. The molecule has 0 unspecified atom stereocenters. The van der Waals surface area contributed by atoms with Crippen LogP contribution in [0.3, 0.4) is 0 Å². The molecule has 76 valence electrons. The average Bonchev–Trinajstić information content (AvgIpc) is 2.17. The van der Waals surface area contributed by atoms with E-state index in [9.17, 15) is 0 Å². The van der Waals surface area contributed by atoms with Crippen LogP contribution in [-0.4, -0.2) is 0 Å². The largest absolute Gasteiger partial charge is 0.0605 e. The van der Waals surface area contributed by atoms with Gasteiger partial charge < -0.3 is 0 Å². The highest BCUT2D eigenvalue weighted by atomic mass is 127. The Morgan fingerprint density at radius 1 is 0.867 bits per heavy atom. The van der Waals surface area contributed by atoms with Gasteiger partial charge in [-0.1, -0.05) is 34.1 Å². The second-order valence-corrected chi connectivity index (χ2v) is 6.35. The Kier molecular flexibility index (Phi) is 4.06. The zero-order valence-corrected chi connectivity index (χ0v) is 13.6. The van der Waals surface area contributed by atoms with Gasteiger partial charge in [0.2, 0.25) is 0 Å². The van der Waals surface area contributed by atoms with Crippen LogP contribution in [0.15, 0.2) is 46.9 Å². The van der Waals surface area contributed by atoms with Crippen molar-refractivity contribution in [3.05, 3.63) is 54.1 Å². The van der Waals surface area contributed by atoms with Crippen molar-refractivity contribution in [3.63, 3.8) is 0 Å². The van der Waals surface area contributed by atoms with Gasteiger partial charge in [-0.25, -0.2) is 0 Å². The van der Waals surface area contributed by atoms with E-state index >= 15 is 0 Å². The van der Waals surface area contributed by atoms with Gasteiger partial charge in [0.1, 0.15) is 0 Å². The van der Waals surface area contributed by atoms with Crippen molar-refractivity contribution >= 4 is 61.1 Å². The van der Waals surface area contributed by atoms with E-state index in [2.05, 4.69) is 97.5 Å². The molecule has 0 aromatic heterocycles. The third-order valence-electron chi connectivity index (χ3n) is 2.08. The molecule has 0 saturated heterocycles. The lowest BCUT2D eigenvalue weighted by molar-refractivity contribution is 1.53. The number of halogens is 3. The molecule has 0 radical (unpaired) electrons. The van der Waals surface area contributed by atoms with Crippen molar-refractivity contribution in [1.29, 1.82) is 0 Å². The first-order chi connectivity index (χ1) is 7.18. The maximum Gasteiger partial charge on any atom is 0.0219 e. The van der Waals surface area contributed by atoms with Gasteiger partial charge in [-0.2, -0.15) is 0 Å². The summed E-state index contributed by atoms with van der Waals surface area (Å²) in [5.41, 5.74) is 2.58. The van der Waals surface area contributed by atoms with Crippen LogP contribution >= 0.6 is 61.1 Å². The van der Waals surface area contributed by atoms with Gasteiger partial charge in [-0.15, -0.1) is 0 Å². The van der Waals surface area contributed by atoms with Gasteiger partial charge in [0.25, 0.3) is 0 Å². The molecule has 0 heterocycles. The van der Waals surface area contributed by atoms with Gasteiger partial charge in [0.05, 0.1) is 0 Å². The third kappa shape index (κ3) is 2.74. The zero-order chi connectivity index (χ0) is 10.8. The summed E-state index contributed by atoms with van der Waals surface area (Å²) in [7, 11) is 0. The SMILES string of the molecule is Brc1cccc(-c2c(I)cccc2I)c1. The molecule has 2 aromatic carbocycles. The van der Waals surface area contributed by atoms with E-state index in [1.165, 1.54) is 18.3 Å². The van der Waals surface area contributed by atoms with Crippen molar-refractivity contribution in [2.24, 2.45) is 0 Å². The summed E-state index contributed by atoms with van der Waals surface area (Å²) in [5.74, 6) is 0. The van der Waals surface area contributed by atoms with E-state index < -0.39 is 0 Å². The lowest BCUT2D eigenvalue weighted by atomic mass is 10.1. The summed E-state index contributed by atoms with van der Waals surface area (Å²) >= 11 is 8.27. The molecule has 3 heteroatoms. The summed E-state index contributed by atoms with van der Waals surface area (Å²) in [6.07, 6.45) is 0. The Morgan fingerprint density at radius 2 is 1.47 bits per heavy atom. The molecular weight excluding hydrogens is 478 g/mol. The van der Waals surface area contributed by atoms with Crippen LogP contribution in [0.25, 0.3) is 11.1 Å². The van der Waals surface area contributed by atoms with E-state index in [1.54, 1.807) is 0 Å². The molecule has 0 atom stereocenters. The topological polar surface area (TPSA) is 0 Å². The number of benzene rings is 2. The van der Waals surface area contributed by atoms with Gasteiger partial charge in [-0.05, 0) is 75.0 Å². The third-order valence-corrected chi connectivity index (χ3v) is 4.37. The van der Waals surface area contributed by atoms with Crippen molar-refractivity contribution in [2.45, 2.75) is 0 Å².